The predicted molar refractivity (Wildman–Crippen MR) is 116 cm³/mol. The summed E-state index contributed by atoms with van der Waals surface area (Å²) in [5.41, 5.74) is 4.50. The molecule has 0 bridgehead atoms. The summed E-state index contributed by atoms with van der Waals surface area (Å²) in [6, 6.07) is 15.9. The summed E-state index contributed by atoms with van der Waals surface area (Å²) >= 11 is 0. The number of hydrogen-bond donors (Lipinski definition) is 2. The summed E-state index contributed by atoms with van der Waals surface area (Å²) in [7, 11) is 2.03. The molecule has 6 nitrogen and oxygen atoms in total. The number of nitrogens with zero attached hydrogens (tertiary/aromatic N) is 2. The van der Waals surface area contributed by atoms with E-state index in [1.807, 2.05) is 50.4 Å². The third-order valence-corrected chi connectivity index (χ3v) is 5.34. The molecule has 1 atom stereocenters. The molecule has 1 fully saturated rings. The molecule has 29 heavy (non-hydrogen) atoms. The van der Waals surface area contributed by atoms with Crippen LogP contribution in [0.1, 0.15) is 23.1 Å². The van der Waals surface area contributed by atoms with Crippen LogP contribution in [0.25, 0.3) is 0 Å². The number of rotatable bonds is 7. The van der Waals surface area contributed by atoms with Gasteiger partial charge in [-0.05, 0) is 49.7 Å². The highest BCUT2D eigenvalue weighted by atomic mass is 16.2. The minimum atomic E-state index is -0.224. The topological polar surface area (TPSA) is 64.7 Å². The van der Waals surface area contributed by atoms with Gasteiger partial charge in [0.1, 0.15) is 0 Å². The second-order valence-electron chi connectivity index (χ2n) is 7.80. The highest BCUT2D eigenvalue weighted by Gasteiger charge is 2.31. The van der Waals surface area contributed by atoms with E-state index in [0.717, 1.165) is 24.3 Å². The molecular formula is C23H30N4O2. The molecule has 1 aliphatic rings. The quantitative estimate of drug-likeness (QED) is 0.759. The number of urea groups is 1. The largest absolute Gasteiger partial charge is 0.337 e. The van der Waals surface area contributed by atoms with E-state index in [1.165, 1.54) is 11.1 Å². The zero-order chi connectivity index (χ0) is 20.8. The molecule has 2 aromatic carbocycles. The van der Waals surface area contributed by atoms with E-state index in [1.54, 1.807) is 4.90 Å². The molecule has 0 saturated carbocycles. The Hall–Kier alpha value is -2.86. The number of amides is 3. The fraction of sp³-hybridized carbons (Fsp3) is 0.391. The first-order valence-corrected chi connectivity index (χ1v) is 10.1. The lowest BCUT2D eigenvalue weighted by atomic mass is 10.1. The van der Waals surface area contributed by atoms with Gasteiger partial charge in [-0.2, -0.15) is 0 Å². The van der Waals surface area contributed by atoms with Crippen LogP contribution >= 0.6 is 0 Å². The molecule has 0 spiro atoms. The van der Waals surface area contributed by atoms with E-state index >= 15 is 0 Å². The average Bonchev–Trinajstić information content (AvgIpc) is 3.04. The van der Waals surface area contributed by atoms with Gasteiger partial charge in [0, 0.05) is 38.3 Å². The zero-order valence-corrected chi connectivity index (χ0v) is 17.4. The molecule has 1 saturated heterocycles. The van der Waals surface area contributed by atoms with Crippen molar-refractivity contribution in [2.45, 2.75) is 32.9 Å². The maximum absolute atomic E-state index is 12.4. The van der Waals surface area contributed by atoms with Crippen molar-refractivity contribution in [3.63, 3.8) is 0 Å². The van der Waals surface area contributed by atoms with E-state index in [0.29, 0.717) is 19.5 Å². The van der Waals surface area contributed by atoms with Gasteiger partial charge in [0.2, 0.25) is 5.91 Å². The Bertz CT molecular complexity index is 853. The molecular weight excluding hydrogens is 364 g/mol. The number of likely N-dealkylation sites (N-methyl/N-ethyl adjacent to an activating group) is 1. The van der Waals surface area contributed by atoms with Crippen molar-refractivity contribution in [1.82, 2.24) is 15.5 Å². The monoisotopic (exact) mass is 394 g/mol. The molecule has 0 aromatic heterocycles. The van der Waals surface area contributed by atoms with Gasteiger partial charge in [-0.3, -0.25) is 4.79 Å². The summed E-state index contributed by atoms with van der Waals surface area (Å²) in [4.78, 5) is 28.5. The van der Waals surface area contributed by atoms with Crippen molar-refractivity contribution >= 4 is 17.6 Å². The Labute approximate surface area is 172 Å². The van der Waals surface area contributed by atoms with E-state index in [9.17, 15) is 9.59 Å². The Morgan fingerprint density at radius 2 is 1.90 bits per heavy atom. The van der Waals surface area contributed by atoms with E-state index in [-0.39, 0.29) is 18.0 Å². The van der Waals surface area contributed by atoms with Gasteiger partial charge >= 0.3 is 6.03 Å². The summed E-state index contributed by atoms with van der Waals surface area (Å²) in [6.07, 6.45) is 0.328. The minimum absolute atomic E-state index is 0.0427. The van der Waals surface area contributed by atoms with Gasteiger partial charge in [-0.1, -0.05) is 36.4 Å². The first-order chi connectivity index (χ1) is 13.9. The van der Waals surface area contributed by atoms with Crippen molar-refractivity contribution in [2.24, 2.45) is 0 Å². The number of aryl methyl sites for hydroxylation is 2. The summed E-state index contributed by atoms with van der Waals surface area (Å²) in [5.74, 6) is 0.0427. The van der Waals surface area contributed by atoms with Crippen LogP contribution in [0, 0.1) is 13.8 Å². The number of carbonyl (C=O) groups is 2. The molecule has 1 unspecified atom stereocenters. The first-order valence-electron chi connectivity index (χ1n) is 10.1. The maximum atomic E-state index is 12.4. The third kappa shape index (κ3) is 5.81. The lowest BCUT2D eigenvalue weighted by Gasteiger charge is -2.19. The van der Waals surface area contributed by atoms with Crippen molar-refractivity contribution in [1.29, 1.82) is 0 Å². The van der Waals surface area contributed by atoms with E-state index in [4.69, 9.17) is 0 Å². The molecule has 2 aromatic rings. The van der Waals surface area contributed by atoms with Gasteiger partial charge in [0.25, 0.3) is 0 Å². The molecule has 0 aliphatic carbocycles. The van der Waals surface area contributed by atoms with Crippen molar-refractivity contribution < 1.29 is 9.59 Å². The molecule has 6 heteroatoms. The normalized spacial score (nSPS) is 16.3. The summed E-state index contributed by atoms with van der Waals surface area (Å²) in [5, 5.41) is 5.82. The van der Waals surface area contributed by atoms with Gasteiger partial charge in [0.15, 0.2) is 0 Å². The summed E-state index contributed by atoms with van der Waals surface area (Å²) < 4.78 is 0. The molecule has 1 heterocycles. The van der Waals surface area contributed by atoms with Crippen molar-refractivity contribution in [3.05, 3.63) is 65.2 Å². The molecule has 1 aliphatic heterocycles. The molecule has 3 rings (SSSR count). The fourth-order valence-corrected chi connectivity index (χ4v) is 3.52. The van der Waals surface area contributed by atoms with Crippen LogP contribution in [0.3, 0.4) is 0 Å². The van der Waals surface area contributed by atoms with Crippen LogP contribution < -0.4 is 15.5 Å². The van der Waals surface area contributed by atoms with Gasteiger partial charge in [-0.25, -0.2) is 4.79 Å². The average molecular weight is 395 g/mol. The third-order valence-electron chi connectivity index (χ3n) is 5.34. The summed E-state index contributed by atoms with van der Waals surface area (Å²) in [6.45, 7) is 6.74. The van der Waals surface area contributed by atoms with Crippen LogP contribution in [-0.4, -0.2) is 49.6 Å². The van der Waals surface area contributed by atoms with E-state index < -0.39 is 0 Å². The highest BCUT2D eigenvalue weighted by molar-refractivity contribution is 5.96. The van der Waals surface area contributed by atoms with Crippen LogP contribution in [-0.2, 0) is 11.3 Å². The van der Waals surface area contributed by atoms with Gasteiger partial charge in [-0.15, -0.1) is 0 Å². The number of anilines is 1. The number of hydrogen-bond acceptors (Lipinski definition) is 3. The van der Waals surface area contributed by atoms with Crippen LogP contribution in [0.2, 0.25) is 0 Å². The molecule has 0 radical (unpaired) electrons. The Morgan fingerprint density at radius 1 is 1.14 bits per heavy atom. The van der Waals surface area contributed by atoms with Crippen LogP contribution in [0.5, 0.6) is 0 Å². The van der Waals surface area contributed by atoms with Gasteiger partial charge < -0.3 is 20.4 Å². The van der Waals surface area contributed by atoms with Gasteiger partial charge in [0.05, 0.1) is 6.04 Å². The maximum Gasteiger partial charge on any atom is 0.315 e. The minimum Gasteiger partial charge on any atom is -0.337 e. The Kier molecular flexibility index (Phi) is 6.88. The standard InChI is InChI=1S/C23H30N4O2/c1-17-9-10-21(13-18(17)2)27-16-20(14-22(27)28)25-23(29)24-11-12-26(3)15-19-7-5-4-6-8-19/h4-10,13,20H,11-12,14-16H2,1-3H3,(H2,24,25,29). The lowest BCUT2D eigenvalue weighted by molar-refractivity contribution is -0.117. The van der Waals surface area contributed by atoms with Crippen molar-refractivity contribution in [2.75, 3.05) is 31.6 Å². The fourth-order valence-electron chi connectivity index (χ4n) is 3.52. The number of benzene rings is 2. The van der Waals surface area contributed by atoms with E-state index in [2.05, 4.69) is 34.6 Å². The predicted octanol–water partition coefficient (Wildman–Crippen LogP) is 2.84. The second kappa shape index (κ2) is 9.56. The molecule has 154 valence electrons. The number of nitrogens with one attached hydrogen (secondary N) is 2. The highest BCUT2D eigenvalue weighted by Crippen LogP contribution is 2.24. The first kappa shape index (κ1) is 20.9. The SMILES string of the molecule is Cc1ccc(N2CC(NC(=O)NCCN(C)Cc3ccccc3)CC2=O)cc1C. The lowest BCUT2D eigenvalue weighted by Crippen LogP contribution is -2.45. The zero-order valence-electron chi connectivity index (χ0n) is 17.4. The van der Waals surface area contributed by atoms with Crippen LogP contribution in [0.15, 0.2) is 48.5 Å². The second-order valence-corrected chi connectivity index (χ2v) is 7.80. The Balaban J connectivity index is 1.41. The molecule has 2 N–H and O–H groups in total. The Morgan fingerprint density at radius 3 is 2.62 bits per heavy atom. The molecule has 3 amide bonds. The van der Waals surface area contributed by atoms with Crippen molar-refractivity contribution in [3.8, 4) is 0 Å². The van der Waals surface area contributed by atoms with Crippen LogP contribution in [0.4, 0.5) is 10.5 Å². The smallest absolute Gasteiger partial charge is 0.315 e. The number of carbonyl (C=O) groups excluding carboxylic acids is 2.